The minimum absolute atomic E-state index is 0.126. The molecule has 0 saturated carbocycles. The Morgan fingerprint density at radius 1 is 1.42 bits per heavy atom. The number of oxime groups is 1. The molecule has 0 radical (unpaired) electrons. The standard InChI is InChI=1S/C15H21N3O5S/c1-5-10(19)11(17-23-4)13(20)16-12-14(21)18-8(2)9(6-22-3)7-24-15(12)18/h12,15H,5-7H2,1-4H3,(H,16,20)/b17-11-. The van der Waals surface area contributed by atoms with Crippen LogP contribution in [0.3, 0.4) is 0 Å². The van der Waals surface area contributed by atoms with E-state index in [0.717, 1.165) is 17.0 Å². The summed E-state index contributed by atoms with van der Waals surface area (Å²) in [5, 5.41) is 5.90. The first kappa shape index (κ1) is 18.5. The SMILES string of the molecule is CCC(=O)/C(=N/OC)C(=O)NC1C(=O)N2C(C)=C(COC)CSC12. The summed E-state index contributed by atoms with van der Waals surface area (Å²) in [6.45, 7) is 3.97. The molecule has 0 aromatic rings. The van der Waals surface area contributed by atoms with Crippen LogP contribution in [-0.2, 0) is 24.0 Å². The zero-order valence-corrected chi connectivity index (χ0v) is 14.9. The summed E-state index contributed by atoms with van der Waals surface area (Å²) < 4.78 is 5.14. The quantitative estimate of drug-likeness (QED) is 0.305. The first-order chi connectivity index (χ1) is 11.5. The summed E-state index contributed by atoms with van der Waals surface area (Å²) in [4.78, 5) is 42.6. The highest BCUT2D eigenvalue weighted by Crippen LogP contribution is 2.39. The van der Waals surface area contributed by atoms with Crippen LogP contribution in [0.2, 0.25) is 0 Å². The van der Waals surface area contributed by atoms with Crippen molar-refractivity contribution in [3.63, 3.8) is 0 Å². The van der Waals surface area contributed by atoms with Crippen molar-refractivity contribution in [1.29, 1.82) is 0 Å². The van der Waals surface area contributed by atoms with E-state index in [2.05, 4.69) is 15.3 Å². The fourth-order valence-electron chi connectivity index (χ4n) is 2.59. The lowest BCUT2D eigenvalue weighted by Gasteiger charge is -2.50. The van der Waals surface area contributed by atoms with E-state index >= 15 is 0 Å². The van der Waals surface area contributed by atoms with Crippen LogP contribution in [0.1, 0.15) is 20.3 Å². The number of ketones is 1. The average Bonchev–Trinajstić information content (AvgIpc) is 2.58. The number of allylic oxidation sites excluding steroid dienone is 1. The number of carbonyl (C=O) groups is 3. The van der Waals surface area contributed by atoms with E-state index < -0.39 is 17.7 Å². The van der Waals surface area contributed by atoms with Crippen LogP contribution in [0.25, 0.3) is 0 Å². The van der Waals surface area contributed by atoms with Gasteiger partial charge in [-0.25, -0.2) is 0 Å². The molecule has 1 N–H and O–H groups in total. The minimum Gasteiger partial charge on any atom is -0.398 e. The lowest BCUT2D eigenvalue weighted by Crippen LogP contribution is -2.70. The van der Waals surface area contributed by atoms with Gasteiger partial charge in [-0.3, -0.25) is 19.3 Å². The summed E-state index contributed by atoms with van der Waals surface area (Å²) in [6.07, 6.45) is 0.126. The van der Waals surface area contributed by atoms with Gasteiger partial charge in [0.25, 0.3) is 11.8 Å². The Hall–Kier alpha value is -1.87. The zero-order valence-electron chi connectivity index (χ0n) is 14.1. The van der Waals surface area contributed by atoms with Crippen LogP contribution in [0.15, 0.2) is 16.4 Å². The number of nitrogens with zero attached hydrogens (tertiary/aromatic N) is 2. The summed E-state index contributed by atoms with van der Waals surface area (Å²) in [5.41, 5.74) is 1.60. The van der Waals surface area contributed by atoms with Gasteiger partial charge in [-0.15, -0.1) is 11.8 Å². The fourth-order valence-corrected chi connectivity index (χ4v) is 4.04. The maximum atomic E-state index is 12.4. The molecular formula is C15H21N3O5S. The van der Waals surface area contributed by atoms with E-state index in [1.54, 1.807) is 30.7 Å². The lowest BCUT2D eigenvalue weighted by molar-refractivity contribution is -0.145. The van der Waals surface area contributed by atoms with Gasteiger partial charge in [0.2, 0.25) is 5.71 Å². The second-order valence-electron chi connectivity index (χ2n) is 5.38. The highest BCUT2D eigenvalue weighted by atomic mass is 32.2. The van der Waals surface area contributed by atoms with Crippen LogP contribution < -0.4 is 5.32 Å². The molecule has 2 amide bonds. The van der Waals surface area contributed by atoms with E-state index in [1.165, 1.54) is 7.11 Å². The van der Waals surface area contributed by atoms with Crippen LogP contribution in [0, 0.1) is 0 Å². The Kier molecular flexibility index (Phi) is 6.00. The van der Waals surface area contributed by atoms with Gasteiger partial charge in [0, 0.05) is 25.0 Å². The molecule has 2 aliphatic heterocycles. The van der Waals surface area contributed by atoms with Crippen molar-refractivity contribution >= 4 is 35.1 Å². The molecule has 9 heteroatoms. The Morgan fingerprint density at radius 3 is 2.71 bits per heavy atom. The van der Waals surface area contributed by atoms with Gasteiger partial charge in [-0.2, -0.15) is 0 Å². The van der Waals surface area contributed by atoms with Crippen molar-refractivity contribution in [2.24, 2.45) is 5.16 Å². The lowest BCUT2D eigenvalue weighted by atomic mass is 10.0. The third kappa shape index (κ3) is 3.32. The van der Waals surface area contributed by atoms with Gasteiger partial charge < -0.3 is 14.9 Å². The number of nitrogens with one attached hydrogen (secondary N) is 1. The number of methoxy groups -OCH3 is 1. The first-order valence-electron chi connectivity index (χ1n) is 7.53. The zero-order chi connectivity index (χ0) is 17.9. The largest absolute Gasteiger partial charge is 0.398 e. The van der Waals surface area contributed by atoms with Gasteiger partial charge in [-0.1, -0.05) is 12.1 Å². The number of hydrogen-bond acceptors (Lipinski definition) is 7. The molecule has 2 heterocycles. The van der Waals surface area contributed by atoms with E-state index in [1.807, 2.05) is 6.92 Å². The predicted octanol–water partition coefficient (Wildman–Crippen LogP) is 0.288. The Bertz CT molecular complexity index is 616. The second-order valence-corrected chi connectivity index (χ2v) is 6.49. The summed E-state index contributed by atoms with van der Waals surface area (Å²) >= 11 is 1.55. The molecule has 8 nitrogen and oxygen atoms in total. The topological polar surface area (TPSA) is 97.3 Å². The Labute approximate surface area is 144 Å². The smallest absolute Gasteiger partial charge is 0.277 e. The summed E-state index contributed by atoms with van der Waals surface area (Å²) in [7, 11) is 2.87. The van der Waals surface area contributed by atoms with Crippen molar-refractivity contribution in [2.75, 3.05) is 26.6 Å². The maximum absolute atomic E-state index is 12.4. The molecule has 0 spiro atoms. The van der Waals surface area contributed by atoms with Gasteiger partial charge >= 0.3 is 0 Å². The number of ether oxygens (including phenoxy) is 1. The minimum atomic E-state index is -0.688. The number of carbonyl (C=O) groups excluding carboxylic acids is 3. The second kappa shape index (κ2) is 7.80. The number of β-lactam (4-membered cyclic amide) rings is 1. The molecule has 132 valence electrons. The van der Waals surface area contributed by atoms with Crippen LogP contribution in [-0.4, -0.2) is 66.2 Å². The molecule has 2 rings (SSSR count). The molecule has 2 unspecified atom stereocenters. The molecule has 1 fully saturated rings. The van der Waals surface area contributed by atoms with Crippen molar-refractivity contribution < 1.29 is 24.0 Å². The molecule has 0 aliphatic carbocycles. The average molecular weight is 355 g/mol. The van der Waals surface area contributed by atoms with Gasteiger partial charge in [0.1, 0.15) is 18.5 Å². The number of thioether (sulfide) groups is 1. The third-order valence-corrected chi connectivity index (χ3v) is 5.27. The van der Waals surface area contributed by atoms with Gasteiger partial charge in [0.05, 0.1) is 6.61 Å². The highest BCUT2D eigenvalue weighted by molar-refractivity contribution is 8.00. The van der Waals surface area contributed by atoms with Crippen LogP contribution >= 0.6 is 11.8 Å². The van der Waals surface area contributed by atoms with Crippen LogP contribution in [0.5, 0.6) is 0 Å². The third-order valence-electron chi connectivity index (χ3n) is 3.93. The van der Waals surface area contributed by atoms with E-state index in [-0.39, 0.29) is 23.4 Å². The number of amides is 2. The number of Topliss-reactive ketones (excluding diaryl/α,β-unsaturated/α-hetero) is 1. The van der Waals surface area contributed by atoms with E-state index in [0.29, 0.717) is 6.61 Å². The molecule has 0 aromatic carbocycles. The summed E-state index contributed by atoms with van der Waals surface area (Å²) in [6, 6.07) is -0.673. The van der Waals surface area contributed by atoms with Gasteiger partial charge in [-0.05, 0) is 12.5 Å². The molecule has 2 aliphatic rings. The Balaban J connectivity index is 2.09. The molecule has 2 atom stereocenters. The maximum Gasteiger partial charge on any atom is 0.277 e. The monoisotopic (exact) mass is 355 g/mol. The summed E-state index contributed by atoms with van der Waals surface area (Å²) in [5.74, 6) is -0.598. The van der Waals surface area contributed by atoms with E-state index in [9.17, 15) is 14.4 Å². The highest BCUT2D eigenvalue weighted by Gasteiger charge is 2.51. The first-order valence-corrected chi connectivity index (χ1v) is 8.58. The normalized spacial score (nSPS) is 23.6. The number of rotatable bonds is 7. The number of fused-ring (bicyclic) bond motifs is 1. The molecule has 0 bridgehead atoms. The predicted molar refractivity (Wildman–Crippen MR) is 89.3 cm³/mol. The molecular weight excluding hydrogens is 334 g/mol. The van der Waals surface area contributed by atoms with E-state index in [4.69, 9.17) is 4.74 Å². The van der Waals surface area contributed by atoms with Crippen LogP contribution in [0.4, 0.5) is 0 Å². The van der Waals surface area contributed by atoms with Crippen molar-refractivity contribution in [3.8, 4) is 0 Å². The Morgan fingerprint density at radius 2 is 2.12 bits per heavy atom. The van der Waals surface area contributed by atoms with Crippen molar-refractivity contribution in [1.82, 2.24) is 10.2 Å². The fraction of sp³-hybridized carbons (Fsp3) is 0.600. The van der Waals surface area contributed by atoms with Gasteiger partial charge in [0.15, 0.2) is 5.78 Å². The molecule has 24 heavy (non-hydrogen) atoms. The van der Waals surface area contributed by atoms with Crippen molar-refractivity contribution in [2.45, 2.75) is 31.7 Å². The number of hydrogen-bond donors (Lipinski definition) is 1. The molecule has 1 saturated heterocycles. The molecule has 0 aromatic heterocycles. The van der Waals surface area contributed by atoms with Crippen molar-refractivity contribution in [3.05, 3.63) is 11.3 Å².